The molecule has 2 N–H and O–H groups in total. The number of alkyl halides is 3. The molecule has 0 aliphatic rings. The largest absolute Gasteiger partial charge is 0.418 e. The predicted octanol–water partition coefficient (Wildman–Crippen LogP) is 7.29. The first-order valence-electron chi connectivity index (χ1n) is 17.1. The van der Waals surface area contributed by atoms with Gasteiger partial charge in [0.1, 0.15) is 23.3 Å². The zero-order chi connectivity index (χ0) is 41.1. The molecule has 2 aromatic heterocycles. The molecule has 6 rings (SSSR count). The van der Waals surface area contributed by atoms with Gasteiger partial charge in [-0.1, -0.05) is 43.7 Å². The van der Waals surface area contributed by atoms with E-state index in [4.69, 9.17) is 0 Å². The number of unbranched alkanes of at least 4 members (excludes halogenated alkanes) is 1. The van der Waals surface area contributed by atoms with Crippen molar-refractivity contribution < 1.29 is 44.3 Å². The number of carbonyl (C=O) groups is 2. The number of aromatic nitrogens is 4. The Labute approximate surface area is 320 Å². The molecule has 0 saturated carbocycles. The number of anilines is 1. The summed E-state index contributed by atoms with van der Waals surface area (Å²) in [5, 5.41) is 6.72. The lowest BCUT2D eigenvalue weighted by Gasteiger charge is -2.14. The van der Waals surface area contributed by atoms with Crippen molar-refractivity contribution in [2.24, 2.45) is 0 Å². The van der Waals surface area contributed by atoms with Crippen LogP contribution in [0, 0.1) is 17.5 Å². The van der Waals surface area contributed by atoms with E-state index in [1.54, 1.807) is 4.72 Å². The maximum absolute atomic E-state index is 15.9. The Balaban J connectivity index is 1.34. The van der Waals surface area contributed by atoms with Crippen molar-refractivity contribution in [2.45, 2.75) is 43.8 Å². The number of hydrogen-bond donors (Lipinski definition) is 2. The topological polar surface area (TPSA) is 145 Å². The van der Waals surface area contributed by atoms with Gasteiger partial charge < -0.3 is 5.32 Å². The third kappa shape index (κ3) is 8.80. The van der Waals surface area contributed by atoms with Crippen LogP contribution in [0.3, 0.4) is 0 Å². The van der Waals surface area contributed by atoms with E-state index in [2.05, 4.69) is 15.4 Å². The summed E-state index contributed by atoms with van der Waals surface area (Å²) in [6.07, 6.45) is -1.03. The van der Waals surface area contributed by atoms with E-state index in [1.807, 2.05) is 6.92 Å². The molecule has 2 amide bonds. The number of nitrogens with zero attached hydrogens (tertiary/aromatic N) is 4. The van der Waals surface area contributed by atoms with Crippen molar-refractivity contribution >= 4 is 27.5 Å². The van der Waals surface area contributed by atoms with Crippen LogP contribution in [-0.4, -0.2) is 39.6 Å². The summed E-state index contributed by atoms with van der Waals surface area (Å²) in [5.41, 5.74) is -3.93. The highest BCUT2D eigenvalue weighted by Gasteiger charge is 2.35. The fourth-order valence-corrected chi connectivity index (χ4v) is 7.05. The number of pyridine rings is 1. The molecule has 11 nitrogen and oxygen atoms in total. The van der Waals surface area contributed by atoms with Gasteiger partial charge in [-0.3, -0.25) is 19.1 Å². The molecule has 4 aromatic carbocycles. The fourth-order valence-electron chi connectivity index (χ4n) is 5.85. The molecule has 0 unspecified atom stereocenters. The van der Waals surface area contributed by atoms with Crippen LogP contribution >= 0.6 is 0 Å². The lowest BCUT2D eigenvalue weighted by Crippen LogP contribution is -2.31. The Kier molecular flexibility index (Phi) is 11.4. The van der Waals surface area contributed by atoms with Crippen LogP contribution in [-0.2, 0) is 29.2 Å². The SMILES string of the molecule is CCCCc1nn(-c2cc(NC(=O)c3cccnc3)ccc2C(F)(F)F)c(=O)n1Cc1ccc(-c2ccccc2S(=O)(=O)NC(=O)c2cc(F)ccc2F)cc1F. The molecule has 0 spiro atoms. The van der Waals surface area contributed by atoms with Gasteiger partial charge in [-0.25, -0.2) is 31.1 Å². The maximum atomic E-state index is 15.9. The molecule has 0 fully saturated rings. The number of amides is 2. The first-order valence-corrected chi connectivity index (χ1v) is 18.6. The molecule has 2 heterocycles. The summed E-state index contributed by atoms with van der Waals surface area (Å²) < 4.78 is 117. The number of benzene rings is 4. The van der Waals surface area contributed by atoms with E-state index in [9.17, 15) is 44.8 Å². The van der Waals surface area contributed by atoms with Crippen molar-refractivity contribution in [1.29, 1.82) is 0 Å². The van der Waals surface area contributed by atoms with Crippen LogP contribution < -0.4 is 15.7 Å². The Hall–Kier alpha value is -6.56. The van der Waals surface area contributed by atoms with E-state index in [0.717, 1.165) is 34.9 Å². The van der Waals surface area contributed by atoms with Gasteiger partial charge in [0.15, 0.2) is 0 Å². The van der Waals surface area contributed by atoms with Gasteiger partial charge in [-0.15, -0.1) is 5.10 Å². The van der Waals surface area contributed by atoms with Crippen LogP contribution in [0.5, 0.6) is 0 Å². The highest BCUT2D eigenvalue weighted by Crippen LogP contribution is 2.35. The monoisotopic (exact) mass is 808 g/mol. The van der Waals surface area contributed by atoms with Crippen molar-refractivity contribution in [3.8, 4) is 16.8 Å². The smallest absolute Gasteiger partial charge is 0.322 e. The first kappa shape index (κ1) is 40.1. The third-order valence-electron chi connectivity index (χ3n) is 8.68. The molecule has 57 heavy (non-hydrogen) atoms. The van der Waals surface area contributed by atoms with Gasteiger partial charge in [0.05, 0.1) is 33.8 Å². The zero-order valence-corrected chi connectivity index (χ0v) is 30.5. The lowest BCUT2D eigenvalue weighted by atomic mass is 10.0. The average Bonchev–Trinajstić information content (AvgIpc) is 3.49. The predicted molar refractivity (Wildman–Crippen MR) is 196 cm³/mol. The van der Waals surface area contributed by atoms with Crippen LogP contribution in [0.1, 0.15) is 57.4 Å². The second kappa shape index (κ2) is 16.3. The van der Waals surface area contributed by atoms with E-state index in [-0.39, 0.29) is 40.2 Å². The molecular weight excluding hydrogens is 779 g/mol. The number of nitrogens with one attached hydrogen (secondary N) is 2. The Morgan fingerprint density at radius 2 is 1.63 bits per heavy atom. The summed E-state index contributed by atoms with van der Waals surface area (Å²) >= 11 is 0. The third-order valence-corrected chi connectivity index (χ3v) is 10.1. The van der Waals surface area contributed by atoms with Gasteiger partial charge in [0.25, 0.3) is 21.8 Å². The average molecular weight is 809 g/mol. The van der Waals surface area contributed by atoms with Crippen LogP contribution in [0.25, 0.3) is 16.8 Å². The molecule has 0 radical (unpaired) electrons. The van der Waals surface area contributed by atoms with Crippen molar-refractivity contribution in [2.75, 3.05) is 5.32 Å². The van der Waals surface area contributed by atoms with E-state index in [0.29, 0.717) is 35.7 Å². The maximum Gasteiger partial charge on any atom is 0.418 e. The highest BCUT2D eigenvalue weighted by atomic mass is 32.2. The molecule has 0 saturated heterocycles. The number of aryl methyl sites for hydroxylation is 1. The minimum atomic E-state index is -4.95. The Morgan fingerprint density at radius 3 is 2.33 bits per heavy atom. The second-order valence-electron chi connectivity index (χ2n) is 12.6. The molecule has 0 aliphatic carbocycles. The van der Waals surface area contributed by atoms with Crippen molar-refractivity contribution in [3.05, 3.63) is 159 Å². The standard InChI is InChI=1S/C39H30F6N6O5S/c1-2-3-10-35-48-51(33-20-27(14-15-30(33)39(43,44)45)47-36(52)24-7-6-17-46-21-24)38(54)50(35)22-25-12-11-23(18-32(25)42)28-8-4-5-9-34(28)57(55,56)49-37(53)29-19-26(40)13-16-31(29)41/h4-9,11-21H,2-3,10,22H2,1H3,(H,47,52)(H,49,53). The summed E-state index contributed by atoms with van der Waals surface area (Å²) in [5.74, 6) is -5.15. The summed E-state index contributed by atoms with van der Waals surface area (Å²) in [7, 11) is -4.74. The van der Waals surface area contributed by atoms with Crippen LogP contribution in [0.2, 0.25) is 0 Å². The molecule has 0 bridgehead atoms. The van der Waals surface area contributed by atoms with Gasteiger partial charge in [-0.05, 0) is 72.6 Å². The van der Waals surface area contributed by atoms with Crippen molar-refractivity contribution in [3.63, 3.8) is 0 Å². The fraction of sp³-hybridized carbons (Fsp3) is 0.154. The summed E-state index contributed by atoms with van der Waals surface area (Å²) in [4.78, 5) is 42.7. The quantitative estimate of drug-likeness (QED) is 0.124. The number of hydrogen-bond acceptors (Lipinski definition) is 7. The van der Waals surface area contributed by atoms with E-state index < -0.39 is 79.4 Å². The number of halogens is 6. The minimum Gasteiger partial charge on any atom is -0.322 e. The number of rotatable bonds is 12. The normalized spacial score (nSPS) is 11.7. The molecular formula is C39H30F6N6O5S. The first-order chi connectivity index (χ1) is 27.1. The number of carbonyl (C=O) groups excluding carboxylic acids is 2. The van der Waals surface area contributed by atoms with Crippen LogP contribution in [0.15, 0.2) is 113 Å². The molecule has 6 aromatic rings. The number of sulfonamides is 1. The summed E-state index contributed by atoms with van der Waals surface area (Å²) in [6, 6.07) is 16.3. The molecule has 18 heteroatoms. The highest BCUT2D eigenvalue weighted by molar-refractivity contribution is 7.90. The Bertz CT molecular complexity index is 2670. The van der Waals surface area contributed by atoms with Gasteiger partial charge in [-0.2, -0.15) is 17.9 Å². The van der Waals surface area contributed by atoms with E-state index >= 15 is 4.39 Å². The summed E-state index contributed by atoms with van der Waals surface area (Å²) in [6.45, 7) is 1.36. The second-order valence-corrected chi connectivity index (χ2v) is 14.2. The Morgan fingerprint density at radius 1 is 0.860 bits per heavy atom. The van der Waals surface area contributed by atoms with Gasteiger partial charge >= 0.3 is 11.9 Å². The van der Waals surface area contributed by atoms with Crippen LogP contribution in [0.4, 0.5) is 32.0 Å². The molecule has 0 atom stereocenters. The minimum absolute atomic E-state index is 0.0100. The van der Waals surface area contributed by atoms with E-state index in [1.165, 1.54) is 54.9 Å². The van der Waals surface area contributed by atoms with Gasteiger partial charge in [0, 0.05) is 35.6 Å². The van der Waals surface area contributed by atoms with Crippen molar-refractivity contribution in [1.82, 2.24) is 24.1 Å². The molecule has 294 valence electrons. The lowest BCUT2D eigenvalue weighted by molar-refractivity contribution is -0.137. The zero-order valence-electron chi connectivity index (χ0n) is 29.6. The molecule has 0 aliphatic heterocycles. The van der Waals surface area contributed by atoms with Gasteiger partial charge in [0.2, 0.25) is 0 Å².